The lowest BCUT2D eigenvalue weighted by Gasteiger charge is -2.11. The summed E-state index contributed by atoms with van der Waals surface area (Å²) in [5.74, 6) is 0.283. The molecule has 1 rings (SSSR count). The van der Waals surface area contributed by atoms with Crippen molar-refractivity contribution in [2.45, 2.75) is 32.2 Å². The van der Waals surface area contributed by atoms with Gasteiger partial charge in [0.05, 0.1) is 12.4 Å². The molecule has 1 aromatic carbocycles. The monoisotopic (exact) mass is 299 g/mol. The minimum absolute atomic E-state index is 0.247. The highest BCUT2D eigenvalue weighted by atomic mass is 32.2. The van der Waals surface area contributed by atoms with Crippen LogP contribution in [0.1, 0.15) is 26.3 Å². The molecule has 0 saturated carbocycles. The standard InChI is InChI=1S/C15H22FNO2S/c1-4-19-15(18)10-20-14-6-5-13(16)7-12(14)9-17-8-11(2)3/h5-7,11,17H,4,8-10H2,1-3H3. The number of benzene rings is 1. The Labute approximate surface area is 124 Å². The number of halogens is 1. The van der Waals surface area contributed by atoms with Crippen LogP contribution in [0.5, 0.6) is 0 Å². The summed E-state index contributed by atoms with van der Waals surface area (Å²) in [6, 6.07) is 4.64. The molecule has 0 bridgehead atoms. The quantitative estimate of drug-likeness (QED) is 0.591. The fourth-order valence-corrected chi connectivity index (χ4v) is 2.50. The van der Waals surface area contributed by atoms with Crippen molar-refractivity contribution >= 4 is 17.7 Å². The normalized spacial score (nSPS) is 10.8. The first-order chi connectivity index (χ1) is 9.52. The van der Waals surface area contributed by atoms with Crippen LogP contribution < -0.4 is 5.32 Å². The molecule has 0 atom stereocenters. The fourth-order valence-electron chi connectivity index (χ4n) is 1.66. The largest absolute Gasteiger partial charge is 0.465 e. The van der Waals surface area contributed by atoms with Gasteiger partial charge in [0, 0.05) is 11.4 Å². The highest BCUT2D eigenvalue weighted by Gasteiger charge is 2.08. The zero-order chi connectivity index (χ0) is 15.0. The van der Waals surface area contributed by atoms with Gasteiger partial charge in [-0.15, -0.1) is 11.8 Å². The molecule has 0 radical (unpaired) electrons. The molecule has 0 aliphatic carbocycles. The molecular formula is C15H22FNO2S. The van der Waals surface area contributed by atoms with E-state index in [0.29, 0.717) is 19.1 Å². The summed E-state index contributed by atoms with van der Waals surface area (Å²) in [5.41, 5.74) is 0.875. The Morgan fingerprint density at radius 2 is 2.20 bits per heavy atom. The third kappa shape index (κ3) is 6.39. The van der Waals surface area contributed by atoms with Crippen LogP contribution in [0.2, 0.25) is 0 Å². The Kier molecular flexibility index (Phi) is 7.62. The molecule has 0 aliphatic rings. The van der Waals surface area contributed by atoms with E-state index < -0.39 is 0 Å². The van der Waals surface area contributed by atoms with E-state index in [2.05, 4.69) is 19.2 Å². The van der Waals surface area contributed by atoms with Crippen molar-refractivity contribution in [2.24, 2.45) is 5.92 Å². The number of esters is 1. The van der Waals surface area contributed by atoms with Gasteiger partial charge in [0.1, 0.15) is 5.82 Å². The summed E-state index contributed by atoms with van der Waals surface area (Å²) in [4.78, 5) is 12.3. The summed E-state index contributed by atoms with van der Waals surface area (Å²) in [6.07, 6.45) is 0. The second-order valence-electron chi connectivity index (χ2n) is 4.87. The highest BCUT2D eigenvalue weighted by molar-refractivity contribution is 8.00. The van der Waals surface area contributed by atoms with Gasteiger partial charge in [-0.2, -0.15) is 0 Å². The smallest absolute Gasteiger partial charge is 0.316 e. The lowest BCUT2D eigenvalue weighted by molar-refractivity contribution is -0.139. The maximum atomic E-state index is 13.3. The average Bonchev–Trinajstić information content (AvgIpc) is 2.37. The Morgan fingerprint density at radius 1 is 1.45 bits per heavy atom. The maximum Gasteiger partial charge on any atom is 0.316 e. The molecule has 0 saturated heterocycles. The van der Waals surface area contributed by atoms with Crippen LogP contribution in [0.3, 0.4) is 0 Å². The molecule has 112 valence electrons. The molecule has 20 heavy (non-hydrogen) atoms. The van der Waals surface area contributed by atoms with E-state index in [9.17, 15) is 9.18 Å². The topological polar surface area (TPSA) is 38.3 Å². The van der Waals surface area contributed by atoms with Crippen LogP contribution in [0.15, 0.2) is 23.1 Å². The number of carbonyl (C=O) groups is 1. The van der Waals surface area contributed by atoms with E-state index in [4.69, 9.17) is 4.74 Å². The molecule has 0 amide bonds. The zero-order valence-corrected chi connectivity index (χ0v) is 13.1. The minimum Gasteiger partial charge on any atom is -0.465 e. The summed E-state index contributed by atoms with van der Waals surface area (Å²) >= 11 is 1.38. The minimum atomic E-state index is -0.258. The van der Waals surface area contributed by atoms with E-state index in [1.165, 1.54) is 23.9 Å². The Bertz CT molecular complexity index is 438. The van der Waals surface area contributed by atoms with Crippen LogP contribution in [-0.2, 0) is 16.1 Å². The first-order valence-corrected chi connectivity index (χ1v) is 7.79. The summed E-state index contributed by atoms with van der Waals surface area (Å²) < 4.78 is 18.2. The predicted molar refractivity (Wildman–Crippen MR) is 80.3 cm³/mol. The van der Waals surface area contributed by atoms with E-state index in [1.54, 1.807) is 13.0 Å². The second kappa shape index (κ2) is 8.97. The van der Waals surface area contributed by atoms with Gasteiger partial charge < -0.3 is 10.1 Å². The lowest BCUT2D eigenvalue weighted by Crippen LogP contribution is -2.19. The SMILES string of the molecule is CCOC(=O)CSc1ccc(F)cc1CNCC(C)C. The van der Waals surface area contributed by atoms with Crippen LogP contribution >= 0.6 is 11.8 Å². The van der Waals surface area contributed by atoms with Gasteiger partial charge in [0.15, 0.2) is 0 Å². The summed E-state index contributed by atoms with van der Waals surface area (Å²) in [5, 5.41) is 3.29. The number of thioether (sulfide) groups is 1. The van der Waals surface area contributed by atoms with E-state index in [-0.39, 0.29) is 17.5 Å². The van der Waals surface area contributed by atoms with Gasteiger partial charge in [-0.3, -0.25) is 4.79 Å². The molecule has 1 aromatic rings. The van der Waals surface area contributed by atoms with E-state index >= 15 is 0 Å². The Balaban J connectivity index is 2.62. The van der Waals surface area contributed by atoms with Gasteiger partial charge in [0.25, 0.3) is 0 Å². The van der Waals surface area contributed by atoms with Crippen LogP contribution in [0, 0.1) is 11.7 Å². The van der Waals surface area contributed by atoms with Crippen molar-refractivity contribution in [3.05, 3.63) is 29.6 Å². The van der Waals surface area contributed by atoms with Gasteiger partial charge >= 0.3 is 5.97 Å². The summed E-state index contributed by atoms with van der Waals surface area (Å²) in [7, 11) is 0. The molecule has 0 fully saturated rings. The molecule has 0 aliphatic heterocycles. The molecule has 0 aromatic heterocycles. The molecular weight excluding hydrogens is 277 g/mol. The number of hydrogen-bond donors (Lipinski definition) is 1. The van der Waals surface area contributed by atoms with Crippen molar-refractivity contribution in [1.82, 2.24) is 5.32 Å². The molecule has 3 nitrogen and oxygen atoms in total. The lowest BCUT2D eigenvalue weighted by atomic mass is 10.2. The zero-order valence-electron chi connectivity index (χ0n) is 12.2. The Morgan fingerprint density at radius 3 is 2.85 bits per heavy atom. The van der Waals surface area contributed by atoms with E-state index in [1.807, 2.05) is 0 Å². The first-order valence-electron chi connectivity index (χ1n) is 6.80. The molecule has 0 unspecified atom stereocenters. The summed E-state index contributed by atoms with van der Waals surface area (Å²) in [6.45, 7) is 7.87. The molecule has 0 heterocycles. The number of rotatable bonds is 8. The number of carbonyl (C=O) groups excluding carboxylic acids is 1. The predicted octanol–water partition coefficient (Wildman–Crippen LogP) is 3.23. The van der Waals surface area contributed by atoms with Crippen molar-refractivity contribution in [3.8, 4) is 0 Å². The fraction of sp³-hybridized carbons (Fsp3) is 0.533. The van der Waals surface area contributed by atoms with Crippen molar-refractivity contribution in [1.29, 1.82) is 0 Å². The van der Waals surface area contributed by atoms with Gasteiger partial charge in [0.2, 0.25) is 0 Å². The third-order valence-corrected chi connectivity index (χ3v) is 3.63. The maximum absolute atomic E-state index is 13.3. The molecule has 1 N–H and O–H groups in total. The first kappa shape index (κ1) is 17.0. The number of ether oxygens (including phenoxy) is 1. The van der Waals surface area contributed by atoms with Crippen LogP contribution in [-0.4, -0.2) is 24.9 Å². The number of nitrogens with one attached hydrogen (secondary N) is 1. The van der Waals surface area contributed by atoms with Gasteiger partial charge in [-0.1, -0.05) is 13.8 Å². The van der Waals surface area contributed by atoms with Crippen LogP contribution in [0.4, 0.5) is 4.39 Å². The van der Waals surface area contributed by atoms with Gasteiger partial charge in [-0.05, 0) is 43.1 Å². The van der Waals surface area contributed by atoms with E-state index in [0.717, 1.165) is 17.0 Å². The Hall–Kier alpha value is -1.07. The highest BCUT2D eigenvalue weighted by Crippen LogP contribution is 2.24. The van der Waals surface area contributed by atoms with Gasteiger partial charge in [-0.25, -0.2) is 4.39 Å². The molecule has 5 heteroatoms. The van der Waals surface area contributed by atoms with Crippen molar-refractivity contribution in [2.75, 3.05) is 18.9 Å². The molecule has 0 spiro atoms. The van der Waals surface area contributed by atoms with Crippen molar-refractivity contribution < 1.29 is 13.9 Å². The van der Waals surface area contributed by atoms with Crippen molar-refractivity contribution in [3.63, 3.8) is 0 Å². The third-order valence-electron chi connectivity index (χ3n) is 2.54. The van der Waals surface area contributed by atoms with Crippen LogP contribution in [0.25, 0.3) is 0 Å². The second-order valence-corrected chi connectivity index (χ2v) is 5.89. The number of hydrogen-bond acceptors (Lipinski definition) is 4. The average molecular weight is 299 g/mol.